The number of nitrogens with one attached hydrogen (secondary N) is 2. The summed E-state index contributed by atoms with van der Waals surface area (Å²) < 4.78 is 3.80. The van der Waals surface area contributed by atoms with E-state index in [1.807, 2.05) is 13.8 Å². The summed E-state index contributed by atoms with van der Waals surface area (Å²) in [6.07, 6.45) is 1.40. The molecule has 2 heterocycles. The molecule has 0 unspecified atom stereocenters. The van der Waals surface area contributed by atoms with Crippen molar-refractivity contribution in [2.75, 3.05) is 0 Å². The normalized spacial score (nSPS) is 10.8. The second kappa shape index (κ2) is 5.00. The van der Waals surface area contributed by atoms with Gasteiger partial charge in [0.15, 0.2) is 0 Å². The highest BCUT2D eigenvalue weighted by Gasteiger charge is 2.18. The highest BCUT2D eigenvalue weighted by atomic mass is 32.1. The van der Waals surface area contributed by atoms with E-state index in [1.165, 1.54) is 6.33 Å². The van der Waals surface area contributed by atoms with Crippen LogP contribution in [0.3, 0.4) is 0 Å². The van der Waals surface area contributed by atoms with Gasteiger partial charge in [-0.05, 0) is 17.5 Å². The van der Waals surface area contributed by atoms with Crippen molar-refractivity contribution in [3.05, 3.63) is 22.7 Å². The Bertz CT molecular complexity index is 491. The Morgan fingerprint density at radius 3 is 3.06 bits per heavy atom. The summed E-state index contributed by atoms with van der Waals surface area (Å²) in [7, 11) is 0. The van der Waals surface area contributed by atoms with E-state index in [1.54, 1.807) is 0 Å². The van der Waals surface area contributed by atoms with Crippen LogP contribution >= 0.6 is 11.5 Å². The zero-order valence-electron chi connectivity index (χ0n) is 9.47. The molecule has 8 heteroatoms. The van der Waals surface area contributed by atoms with Crippen molar-refractivity contribution < 1.29 is 4.79 Å². The molecule has 0 saturated heterocycles. The third-order valence-corrected chi connectivity index (χ3v) is 2.89. The molecule has 0 spiro atoms. The Balaban J connectivity index is 2.02. The summed E-state index contributed by atoms with van der Waals surface area (Å²) in [4.78, 5) is 16.4. The Morgan fingerprint density at radius 1 is 1.59 bits per heavy atom. The average Bonchev–Trinajstić information content (AvgIpc) is 2.96. The quantitative estimate of drug-likeness (QED) is 0.835. The number of carbonyl (C=O) groups excluding carboxylic acids is 1. The molecular formula is C9H12N6OS. The smallest absolute Gasteiger partial charge is 0.265 e. The van der Waals surface area contributed by atoms with Crippen molar-refractivity contribution >= 4 is 17.4 Å². The lowest BCUT2D eigenvalue weighted by molar-refractivity contribution is 0.0952. The number of rotatable bonds is 4. The van der Waals surface area contributed by atoms with E-state index < -0.39 is 0 Å². The van der Waals surface area contributed by atoms with Gasteiger partial charge in [0.2, 0.25) is 0 Å². The van der Waals surface area contributed by atoms with Crippen LogP contribution in [0.4, 0.5) is 0 Å². The first-order valence-electron chi connectivity index (χ1n) is 5.13. The van der Waals surface area contributed by atoms with Crippen molar-refractivity contribution in [3.8, 4) is 0 Å². The van der Waals surface area contributed by atoms with E-state index in [0.717, 1.165) is 17.2 Å². The molecule has 1 amide bonds. The van der Waals surface area contributed by atoms with Gasteiger partial charge in [0.25, 0.3) is 5.91 Å². The van der Waals surface area contributed by atoms with Gasteiger partial charge in [-0.3, -0.25) is 9.89 Å². The largest absolute Gasteiger partial charge is 0.344 e. The first kappa shape index (κ1) is 11.6. The molecule has 2 aromatic heterocycles. The summed E-state index contributed by atoms with van der Waals surface area (Å²) in [6.45, 7) is 4.27. The van der Waals surface area contributed by atoms with Crippen LogP contribution in [-0.2, 0) is 6.54 Å². The molecule has 90 valence electrons. The van der Waals surface area contributed by atoms with Crippen molar-refractivity contribution in [3.63, 3.8) is 0 Å². The molecule has 0 saturated carbocycles. The minimum Gasteiger partial charge on any atom is -0.344 e. The molecule has 2 aromatic rings. The van der Waals surface area contributed by atoms with E-state index in [-0.39, 0.29) is 11.8 Å². The molecule has 0 aliphatic carbocycles. The summed E-state index contributed by atoms with van der Waals surface area (Å²) >= 11 is 1.10. The van der Waals surface area contributed by atoms with Crippen LogP contribution in [0.1, 0.15) is 41.0 Å². The maximum Gasteiger partial charge on any atom is 0.265 e. The van der Waals surface area contributed by atoms with Crippen molar-refractivity contribution in [1.29, 1.82) is 0 Å². The number of H-pyrrole nitrogens is 1. The molecule has 0 bridgehead atoms. The number of hydrogen-bond donors (Lipinski definition) is 2. The minimum atomic E-state index is -0.180. The number of aromatic nitrogens is 5. The predicted octanol–water partition coefficient (Wildman–Crippen LogP) is 0.710. The van der Waals surface area contributed by atoms with E-state index in [4.69, 9.17) is 0 Å². The van der Waals surface area contributed by atoms with E-state index in [9.17, 15) is 4.79 Å². The molecule has 17 heavy (non-hydrogen) atoms. The summed E-state index contributed by atoms with van der Waals surface area (Å²) in [5.41, 5.74) is 0.727. The first-order valence-corrected chi connectivity index (χ1v) is 5.90. The Kier molecular flexibility index (Phi) is 3.43. The lowest BCUT2D eigenvalue weighted by Crippen LogP contribution is -2.23. The highest BCUT2D eigenvalue weighted by molar-refractivity contribution is 7.08. The maximum atomic E-state index is 11.9. The first-order chi connectivity index (χ1) is 8.18. The molecule has 0 aromatic carbocycles. The van der Waals surface area contributed by atoms with Crippen LogP contribution in [0, 0.1) is 0 Å². The molecule has 2 N–H and O–H groups in total. The second-order valence-electron chi connectivity index (χ2n) is 3.76. The lowest BCUT2D eigenvalue weighted by Gasteiger charge is -2.04. The van der Waals surface area contributed by atoms with Gasteiger partial charge >= 0.3 is 0 Å². The highest BCUT2D eigenvalue weighted by Crippen LogP contribution is 2.19. The van der Waals surface area contributed by atoms with E-state index in [2.05, 4.69) is 30.1 Å². The SMILES string of the molecule is CC(C)c1nnsc1C(=O)NCc1ncn[nH]1. The second-order valence-corrected chi connectivity index (χ2v) is 4.51. The fourth-order valence-electron chi connectivity index (χ4n) is 1.29. The summed E-state index contributed by atoms with van der Waals surface area (Å²) in [6, 6.07) is 0. The Labute approximate surface area is 102 Å². The van der Waals surface area contributed by atoms with Gasteiger partial charge in [0, 0.05) is 0 Å². The van der Waals surface area contributed by atoms with Gasteiger partial charge in [0.05, 0.1) is 12.2 Å². The molecule has 0 aliphatic rings. The van der Waals surface area contributed by atoms with Gasteiger partial charge in [-0.1, -0.05) is 18.3 Å². The summed E-state index contributed by atoms with van der Waals surface area (Å²) in [5, 5.41) is 13.1. The molecular weight excluding hydrogens is 240 g/mol. The van der Waals surface area contributed by atoms with Crippen molar-refractivity contribution in [2.45, 2.75) is 26.3 Å². The minimum absolute atomic E-state index is 0.180. The predicted molar refractivity (Wildman–Crippen MR) is 61.6 cm³/mol. The molecule has 2 rings (SSSR count). The zero-order valence-corrected chi connectivity index (χ0v) is 10.3. The van der Waals surface area contributed by atoms with Crippen LogP contribution in [-0.4, -0.2) is 30.7 Å². The average molecular weight is 252 g/mol. The van der Waals surface area contributed by atoms with Gasteiger partial charge in [-0.25, -0.2) is 4.98 Å². The fourth-order valence-corrected chi connectivity index (χ4v) is 2.03. The molecule has 0 aliphatic heterocycles. The van der Waals surface area contributed by atoms with E-state index >= 15 is 0 Å². The topological polar surface area (TPSA) is 96.5 Å². The number of aromatic amines is 1. The number of carbonyl (C=O) groups is 1. The van der Waals surface area contributed by atoms with Gasteiger partial charge in [-0.15, -0.1) is 5.10 Å². The zero-order chi connectivity index (χ0) is 12.3. The molecule has 7 nitrogen and oxygen atoms in total. The van der Waals surface area contributed by atoms with Crippen LogP contribution in [0.2, 0.25) is 0 Å². The standard InChI is InChI=1S/C9H12N6OS/c1-5(2)7-8(17-15-14-7)9(16)10-3-6-11-4-12-13-6/h4-5H,3H2,1-2H3,(H,10,16)(H,11,12,13). The van der Waals surface area contributed by atoms with E-state index in [0.29, 0.717) is 17.2 Å². The molecule has 0 atom stereocenters. The maximum absolute atomic E-state index is 11.9. The van der Waals surface area contributed by atoms with Crippen LogP contribution < -0.4 is 5.32 Å². The number of nitrogens with zero attached hydrogens (tertiary/aromatic N) is 4. The van der Waals surface area contributed by atoms with Crippen molar-refractivity contribution in [1.82, 2.24) is 30.1 Å². The van der Waals surface area contributed by atoms with Gasteiger partial charge in [0.1, 0.15) is 17.0 Å². The Morgan fingerprint density at radius 2 is 2.41 bits per heavy atom. The van der Waals surface area contributed by atoms with Crippen LogP contribution in [0.15, 0.2) is 6.33 Å². The lowest BCUT2D eigenvalue weighted by atomic mass is 10.1. The number of amides is 1. The van der Waals surface area contributed by atoms with Gasteiger partial charge < -0.3 is 5.32 Å². The molecule has 0 radical (unpaired) electrons. The third kappa shape index (κ3) is 2.64. The third-order valence-electron chi connectivity index (χ3n) is 2.15. The monoisotopic (exact) mass is 252 g/mol. The summed E-state index contributed by atoms with van der Waals surface area (Å²) in [5.74, 6) is 0.613. The van der Waals surface area contributed by atoms with Gasteiger partial charge in [-0.2, -0.15) is 5.10 Å². The van der Waals surface area contributed by atoms with Crippen molar-refractivity contribution in [2.24, 2.45) is 0 Å². The number of hydrogen-bond acceptors (Lipinski definition) is 6. The van der Waals surface area contributed by atoms with Crippen LogP contribution in [0.25, 0.3) is 0 Å². The molecule has 0 fully saturated rings. The van der Waals surface area contributed by atoms with Crippen LogP contribution in [0.5, 0.6) is 0 Å². The fraction of sp³-hybridized carbons (Fsp3) is 0.444. The Hall–Kier alpha value is -1.83.